The number of benzene rings is 1. The van der Waals surface area contributed by atoms with Gasteiger partial charge in [0, 0.05) is 17.2 Å². The van der Waals surface area contributed by atoms with E-state index in [1.807, 2.05) is 24.3 Å². The van der Waals surface area contributed by atoms with Gasteiger partial charge in [0.25, 0.3) is 0 Å². The SMILES string of the molecule is C=Cc1ccc(C[n+]2cccc(C=C)c2)cc1. The third-order valence-electron chi connectivity index (χ3n) is 2.70. The molecule has 0 atom stereocenters. The van der Waals surface area contributed by atoms with Gasteiger partial charge in [0.1, 0.15) is 0 Å². The summed E-state index contributed by atoms with van der Waals surface area (Å²) in [7, 11) is 0. The van der Waals surface area contributed by atoms with E-state index in [-0.39, 0.29) is 0 Å². The number of nitrogens with zero attached hydrogens (tertiary/aromatic N) is 1. The van der Waals surface area contributed by atoms with E-state index < -0.39 is 0 Å². The Hall–Kier alpha value is -2.15. The van der Waals surface area contributed by atoms with Gasteiger partial charge in [0.2, 0.25) is 0 Å². The molecule has 1 aromatic carbocycles. The first-order valence-electron chi connectivity index (χ1n) is 5.65. The highest BCUT2D eigenvalue weighted by Gasteiger charge is 2.02. The number of pyridine rings is 1. The number of hydrogen-bond donors (Lipinski definition) is 0. The average molecular weight is 222 g/mol. The van der Waals surface area contributed by atoms with Crippen LogP contribution in [0.15, 0.2) is 61.9 Å². The maximum Gasteiger partial charge on any atom is 0.176 e. The minimum atomic E-state index is 0.874. The lowest BCUT2D eigenvalue weighted by Crippen LogP contribution is -2.33. The lowest BCUT2D eigenvalue weighted by atomic mass is 10.1. The van der Waals surface area contributed by atoms with Crippen LogP contribution in [0, 0.1) is 0 Å². The van der Waals surface area contributed by atoms with Crippen molar-refractivity contribution in [2.45, 2.75) is 6.54 Å². The first kappa shape index (κ1) is 11.3. The topological polar surface area (TPSA) is 3.88 Å². The van der Waals surface area contributed by atoms with Crippen LogP contribution in [0.2, 0.25) is 0 Å². The number of rotatable bonds is 4. The van der Waals surface area contributed by atoms with Gasteiger partial charge in [0.15, 0.2) is 18.9 Å². The van der Waals surface area contributed by atoms with Crippen molar-refractivity contribution >= 4 is 12.2 Å². The second-order valence-electron chi connectivity index (χ2n) is 3.96. The van der Waals surface area contributed by atoms with Crippen molar-refractivity contribution in [3.8, 4) is 0 Å². The van der Waals surface area contributed by atoms with Crippen LogP contribution >= 0.6 is 0 Å². The fourth-order valence-electron chi connectivity index (χ4n) is 1.73. The van der Waals surface area contributed by atoms with Crippen LogP contribution in [-0.2, 0) is 6.54 Å². The van der Waals surface area contributed by atoms with E-state index in [1.54, 1.807) is 0 Å². The van der Waals surface area contributed by atoms with Gasteiger partial charge < -0.3 is 0 Å². The molecule has 0 aliphatic carbocycles. The molecule has 84 valence electrons. The molecule has 1 aromatic heterocycles. The van der Waals surface area contributed by atoms with E-state index >= 15 is 0 Å². The molecule has 0 N–H and O–H groups in total. The molecule has 0 radical (unpaired) electrons. The zero-order chi connectivity index (χ0) is 12.1. The molecule has 2 rings (SSSR count). The van der Waals surface area contributed by atoms with Crippen molar-refractivity contribution < 1.29 is 4.57 Å². The van der Waals surface area contributed by atoms with Gasteiger partial charge in [-0.25, -0.2) is 4.57 Å². The van der Waals surface area contributed by atoms with E-state index in [9.17, 15) is 0 Å². The molecular formula is C16H16N+. The molecule has 2 aromatic rings. The van der Waals surface area contributed by atoms with Crippen LogP contribution in [0.4, 0.5) is 0 Å². The number of hydrogen-bond acceptors (Lipinski definition) is 0. The second-order valence-corrected chi connectivity index (χ2v) is 3.96. The molecule has 0 fully saturated rings. The Kier molecular flexibility index (Phi) is 3.51. The fourth-order valence-corrected chi connectivity index (χ4v) is 1.73. The van der Waals surface area contributed by atoms with Gasteiger partial charge in [-0.1, -0.05) is 49.6 Å². The summed E-state index contributed by atoms with van der Waals surface area (Å²) in [5.41, 5.74) is 3.57. The van der Waals surface area contributed by atoms with E-state index in [1.165, 1.54) is 5.56 Å². The monoisotopic (exact) mass is 222 g/mol. The van der Waals surface area contributed by atoms with E-state index in [0.29, 0.717) is 0 Å². The average Bonchev–Trinajstić information content (AvgIpc) is 2.40. The van der Waals surface area contributed by atoms with Crippen LogP contribution in [0.25, 0.3) is 12.2 Å². The molecular weight excluding hydrogens is 206 g/mol. The van der Waals surface area contributed by atoms with Crippen LogP contribution in [0.1, 0.15) is 16.7 Å². The van der Waals surface area contributed by atoms with Crippen molar-refractivity contribution in [3.63, 3.8) is 0 Å². The highest BCUT2D eigenvalue weighted by Crippen LogP contribution is 2.05. The summed E-state index contributed by atoms with van der Waals surface area (Å²) < 4.78 is 2.15. The normalized spacial score (nSPS) is 9.88. The van der Waals surface area contributed by atoms with Gasteiger partial charge in [-0.3, -0.25) is 0 Å². The molecule has 0 unspecified atom stereocenters. The number of aromatic nitrogens is 1. The summed E-state index contributed by atoms with van der Waals surface area (Å²) in [6.45, 7) is 8.40. The second kappa shape index (κ2) is 5.26. The summed E-state index contributed by atoms with van der Waals surface area (Å²) in [5, 5.41) is 0. The third kappa shape index (κ3) is 2.91. The van der Waals surface area contributed by atoms with Crippen molar-refractivity contribution in [1.29, 1.82) is 0 Å². The molecule has 0 bridgehead atoms. The van der Waals surface area contributed by atoms with Crippen LogP contribution in [-0.4, -0.2) is 0 Å². The van der Waals surface area contributed by atoms with Crippen molar-refractivity contribution in [3.05, 3.63) is 78.6 Å². The predicted octanol–water partition coefficient (Wildman–Crippen LogP) is 3.31. The lowest BCUT2D eigenvalue weighted by Gasteiger charge is -1.99. The summed E-state index contributed by atoms with van der Waals surface area (Å²) in [6.07, 6.45) is 7.87. The highest BCUT2D eigenvalue weighted by molar-refractivity contribution is 5.47. The van der Waals surface area contributed by atoms with E-state index in [4.69, 9.17) is 0 Å². The maximum absolute atomic E-state index is 3.78. The Balaban J connectivity index is 2.18. The molecule has 0 amide bonds. The molecule has 0 spiro atoms. The van der Waals surface area contributed by atoms with Gasteiger partial charge in [-0.05, 0) is 11.6 Å². The Labute approximate surface area is 102 Å². The zero-order valence-corrected chi connectivity index (χ0v) is 9.84. The first-order valence-corrected chi connectivity index (χ1v) is 5.65. The summed E-state index contributed by atoms with van der Waals surface area (Å²) in [6, 6.07) is 12.5. The fraction of sp³-hybridized carbons (Fsp3) is 0.0625. The zero-order valence-electron chi connectivity index (χ0n) is 9.84. The van der Waals surface area contributed by atoms with Gasteiger partial charge >= 0.3 is 0 Å². The molecule has 1 heteroatoms. The van der Waals surface area contributed by atoms with Gasteiger partial charge in [-0.15, -0.1) is 0 Å². The van der Waals surface area contributed by atoms with Crippen LogP contribution < -0.4 is 4.57 Å². The maximum atomic E-state index is 3.78. The molecule has 0 aliphatic rings. The quantitative estimate of drug-likeness (QED) is 0.699. The standard InChI is InChI=1S/C16H16N/c1-3-14-7-9-16(10-8-14)13-17-11-5-6-15(4-2)12-17/h3-12H,1-2,13H2/q+1. The minimum absolute atomic E-state index is 0.874. The summed E-state index contributed by atoms with van der Waals surface area (Å²) in [5.74, 6) is 0. The molecule has 0 aliphatic heterocycles. The van der Waals surface area contributed by atoms with Crippen molar-refractivity contribution in [2.75, 3.05) is 0 Å². The van der Waals surface area contributed by atoms with E-state index in [2.05, 4.69) is 54.4 Å². The Morgan fingerprint density at radius 3 is 2.29 bits per heavy atom. The van der Waals surface area contributed by atoms with Crippen molar-refractivity contribution in [1.82, 2.24) is 0 Å². The summed E-state index contributed by atoms with van der Waals surface area (Å²) >= 11 is 0. The Morgan fingerprint density at radius 2 is 1.65 bits per heavy atom. The predicted molar refractivity (Wildman–Crippen MR) is 72.4 cm³/mol. The molecule has 1 heterocycles. The molecule has 0 saturated heterocycles. The van der Waals surface area contributed by atoms with Crippen molar-refractivity contribution in [2.24, 2.45) is 0 Å². The largest absolute Gasteiger partial charge is 0.200 e. The van der Waals surface area contributed by atoms with Gasteiger partial charge in [-0.2, -0.15) is 0 Å². The lowest BCUT2D eigenvalue weighted by molar-refractivity contribution is -0.688. The van der Waals surface area contributed by atoms with Crippen LogP contribution in [0.5, 0.6) is 0 Å². The molecule has 17 heavy (non-hydrogen) atoms. The Bertz CT molecular complexity index is 523. The van der Waals surface area contributed by atoms with Gasteiger partial charge in [0.05, 0.1) is 0 Å². The minimum Gasteiger partial charge on any atom is -0.200 e. The first-order chi connectivity index (χ1) is 8.31. The van der Waals surface area contributed by atoms with Crippen LogP contribution in [0.3, 0.4) is 0 Å². The van der Waals surface area contributed by atoms with E-state index in [0.717, 1.165) is 17.7 Å². The molecule has 1 nitrogen and oxygen atoms in total. The highest BCUT2D eigenvalue weighted by atomic mass is 14.9. The molecule has 0 saturated carbocycles. The summed E-state index contributed by atoms with van der Waals surface area (Å²) in [4.78, 5) is 0. The smallest absolute Gasteiger partial charge is 0.176 e. The third-order valence-corrected chi connectivity index (χ3v) is 2.70. The Morgan fingerprint density at radius 1 is 0.941 bits per heavy atom.